The predicted molar refractivity (Wildman–Crippen MR) is 99.2 cm³/mol. The van der Waals surface area contributed by atoms with Crippen LogP contribution in [-0.2, 0) is 0 Å². The molecule has 1 saturated carbocycles. The minimum Gasteiger partial charge on any atom is -0.343 e. The number of thiophene rings is 1. The molecule has 1 atom stereocenters. The van der Waals surface area contributed by atoms with Crippen LogP contribution in [-0.4, -0.2) is 21.0 Å². The smallest absolute Gasteiger partial charge is 0.272 e. The van der Waals surface area contributed by atoms with Crippen molar-refractivity contribution in [3.63, 3.8) is 0 Å². The number of aromatic nitrogens is 2. The summed E-state index contributed by atoms with van der Waals surface area (Å²) in [6.45, 7) is 0. The van der Waals surface area contributed by atoms with Crippen molar-refractivity contribution in [2.45, 2.75) is 31.7 Å². The number of rotatable bonds is 5. The Hall–Kier alpha value is -2.74. The molecule has 0 spiro atoms. The molecule has 1 aromatic carbocycles. The molecule has 1 amide bonds. The van der Waals surface area contributed by atoms with Gasteiger partial charge < -0.3 is 5.32 Å². The summed E-state index contributed by atoms with van der Waals surface area (Å²) >= 11 is 1.63. The number of nitro benzene ring substituents is 1. The number of carbonyl (C=O) groups excluding carboxylic acids is 1. The van der Waals surface area contributed by atoms with E-state index in [1.807, 2.05) is 17.5 Å². The monoisotopic (exact) mass is 370 g/mol. The summed E-state index contributed by atoms with van der Waals surface area (Å²) in [4.78, 5) is 24.6. The third kappa shape index (κ3) is 3.08. The number of nitro groups is 1. The van der Waals surface area contributed by atoms with E-state index < -0.39 is 4.92 Å². The van der Waals surface area contributed by atoms with E-state index in [-0.39, 0.29) is 23.3 Å². The number of non-ortho nitro benzene ring substituents is 1. The van der Waals surface area contributed by atoms with Crippen LogP contribution in [0.1, 0.15) is 47.1 Å². The number of fused-ring (bicyclic) bond motifs is 1. The van der Waals surface area contributed by atoms with Gasteiger partial charge in [-0.15, -0.1) is 11.3 Å². The number of nitrogens with zero attached hydrogens (tertiary/aromatic N) is 2. The van der Waals surface area contributed by atoms with E-state index in [0.29, 0.717) is 16.8 Å². The summed E-state index contributed by atoms with van der Waals surface area (Å²) in [5, 5.41) is 23.5. The fourth-order valence-electron chi connectivity index (χ4n) is 3.68. The number of benzene rings is 1. The van der Waals surface area contributed by atoms with Crippen molar-refractivity contribution in [1.82, 2.24) is 15.5 Å². The highest BCUT2D eigenvalue weighted by Gasteiger charge is 2.30. The van der Waals surface area contributed by atoms with Gasteiger partial charge in [0.25, 0.3) is 11.6 Å². The maximum absolute atomic E-state index is 12.9. The van der Waals surface area contributed by atoms with Crippen molar-refractivity contribution in [2.24, 2.45) is 5.92 Å². The van der Waals surface area contributed by atoms with Crippen LogP contribution in [0.15, 0.2) is 35.7 Å². The molecule has 1 aliphatic rings. The fraction of sp³-hybridized carbons (Fsp3) is 0.333. The lowest BCUT2D eigenvalue weighted by Gasteiger charge is -2.23. The van der Waals surface area contributed by atoms with Gasteiger partial charge in [0.15, 0.2) is 5.69 Å². The predicted octanol–water partition coefficient (Wildman–Crippen LogP) is 4.19. The highest BCUT2D eigenvalue weighted by Crippen LogP contribution is 2.37. The summed E-state index contributed by atoms with van der Waals surface area (Å²) in [6, 6.07) is 8.35. The van der Waals surface area contributed by atoms with Gasteiger partial charge in [-0.1, -0.05) is 18.9 Å². The van der Waals surface area contributed by atoms with Gasteiger partial charge in [0.1, 0.15) is 0 Å². The van der Waals surface area contributed by atoms with Crippen LogP contribution in [0, 0.1) is 16.0 Å². The van der Waals surface area contributed by atoms with E-state index in [4.69, 9.17) is 0 Å². The van der Waals surface area contributed by atoms with Gasteiger partial charge in [0.05, 0.1) is 16.5 Å². The summed E-state index contributed by atoms with van der Waals surface area (Å²) in [5.74, 6) is 0.110. The minimum atomic E-state index is -0.471. The molecule has 3 aromatic rings. The summed E-state index contributed by atoms with van der Waals surface area (Å²) in [5.41, 5.74) is 0.746. The van der Waals surface area contributed by atoms with Crippen molar-refractivity contribution in [2.75, 3.05) is 0 Å². The normalized spacial score (nSPS) is 16.0. The van der Waals surface area contributed by atoms with Crippen LogP contribution in [0.5, 0.6) is 0 Å². The molecule has 0 unspecified atom stereocenters. The topological polar surface area (TPSA) is 101 Å². The Kier molecular flexibility index (Phi) is 4.42. The van der Waals surface area contributed by atoms with Crippen molar-refractivity contribution in [1.29, 1.82) is 0 Å². The first kappa shape index (κ1) is 16.7. The maximum Gasteiger partial charge on any atom is 0.272 e. The van der Waals surface area contributed by atoms with Crippen LogP contribution in [0.25, 0.3) is 10.9 Å². The second kappa shape index (κ2) is 6.87. The molecule has 2 aromatic heterocycles. The van der Waals surface area contributed by atoms with Gasteiger partial charge in [-0.3, -0.25) is 20.0 Å². The molecule has 7 nitrogen and oxygen atoms in total. The first-order chi connectivity index (χ1) is 12.6. The standard InChI is InChI=1S/C18H18N4O3S/c23-18(17-13-10-12(22(24)25)7-8-14(13)20-21-17)19-16(11-4-1-2-5-11)15-6-3-9-26-15/h3,6-11,16H,1-2,4-5H2,(H,19,23)(H,20,21)/t16-/m0/s1. The fourth-order valence-corrected chi connectivity index (χ4v) is 4.55. The number of hydrogen-bond donors (Lipinski definition) is 2. The largest absolute Gasteiger partial charge is 0.343 e. The molecular weight excluding hydrogens is 352 g/mol. The van der Waals surface area contributed by atoms with E-state index in [1.165, 1.54) is 25.0 Å². The Morgan fingerprint density at radius 3 is 2.85 bits per heavy atom. The third-order valence-electron chi connectivity index (χ3n) is 4.98. The summed E-state index contributed by atoms with van der Waals surface area (Å²) in [7, 11) is 0. The molecule has 0 radical (unpaired) electrons. The number of aromatic amines is 1. The summed E-state index contributed by atoms with van der Waals surface area (Å²) < 4.78 is 0. The molecule has 26 heavy (non-hydrogen) atoms. The first-order valence-corrected chi connectivity index (χ1v) is 9.48. The molecule has 0 bridgehead atoms. The van der Waals surface area contributed by atoms with Crippen molar-refractivity contribution in [3.05, 3.63) is 56.4 Å². The van der Waals surface area contributed by atoms with E-state index in [2.05, 4.69) is 15.5 Å². The van der Waals surface area contributed by atoms with Crippen molar-refractivity contribution < 1.29 is 9.72 Å². The second-order valence-corrected chi connectivity index (χ2v) is 7.55. The average molecular weight is 370 g/mol. The lowest BCUT2D eigenvalue weighted by atomic mass is 9.96. The van der Waals surface area contributed by atoms with Gasteiger partial charge in [-0.2, -0.15) is 5.10 Å². The zero-order valence-corrected chi connectivity index (χ0v) is 14.8. The minimum absolute atomic E-state index is 0.0459. The Morgan fingerprint density at radius 2 is 2.15 bits per heavy atom. The van der Waals surface area contributed by atoms with Gasteiger partial charge >= 0.3 is 0 Å². The number of amides is 1. The zero-order valence-electron chi connectivity index (χ0n) is 14.0. The molecule has 8 heteroatoms. The zero-order chi connectivity index (χ0) is 18.1. The second-order valence-electron chi connectivity index (χ2n) is 6.57. The number of H-pyrrole nitrogens is 1. The molecule has 2 heterocycles. The third-order valence-corrected chi connectivity index (χ3v) is 5.94. The Bertz CT molecular complexity index is 945. The van der Waals surface area contributed by atoms with E-state index in [0.717, 1.165) is 17.7 Å². The molecule has 1 aliphatic carbocycles. The number of carbonyl (C=O) groups is 1. The van der Waals surface area contributed by atoms with E-state index in [1.54, 1.807) is 17.4 Å². The lowest BCUT2D eigenvalue weighted by molar-refractivity contribution is -0.384. The van der Waals surface area contributed by atoms with Crippen LogP contribution < -0.4 is 5.32 Å². The lowest BCUT2D eigenvalue weighted by Crippen LogP contribution is -2.32. The van der Waals surface area contributed by atoms with Crippen LogP contribution in [0.3, 0.4) is 0 Å². The Labute approximate surface area is 153 Å². The SMILES string of the molecule is O=C(N[C@H](c1cccs1)C1CCCC1)c1n[nH]c2ccc([N+](=O)[O-])cc12. The number of hydrogen-bond acceptors (Lipinski definition) is 5. The number of nitrogens with one attached hydrogen (secondary N) is 2. The van der Waals surface area contributed by atoms with Crippen LogP contribution in [0.2, 0.25) is 0 Å². The van der Waals surface area contributed by atoms with Crippen LogP contribution in [0.4, 0.5) is 5.69 Å². The molecule has 0 saturated heterocycles. The molecule has 134 valence electrons. The van der Waals surface area contributed by atoms with Crippen molar-refractivity contribution >= 4 is 33.8 Å². The quantitative estimate of drug-likeness (QED) is 0.519. The first-order valence-electron chi connectivity index (χ1n) is 8.60. The van der Waals surface area contributed by atoms with Gasteiger partial charge in [-0.25, -0.2) is 0 Å². The average Bonchev–Trinajstić information content (AvgIpc) is 3.40. The van der Waals surface area contributed by atoms with Gasteiger partial charge in [0, 0.05) is 22.4 Å². The molecule has 2 N–H and O–H groups in total. The molecule has 4 rings (SSSR count). The Morgan fingerprint density at radius 1 is 1.35 bits per heavy atom. The Balaban J connectivity index is 1.65. The molecule has 0 aliphatic heterocycles. The van der Waals surface area contributed by atoms with E-state index in [9.17, 15) is 14.9 Å². The van der Waals surface area contributed by atoms with E-state index >= 15 is 0 Å². The highest BCUT2D eigenvalue weighted by molar-refractivity contribution is 7.10. The highest BCUT2D eigenvalue weighted by atomic mass is 32.1. The molecular formula is C18H18N4O3S. The van der Waals surface area contributed by atoms with Gasteiger partial charge in [-0.05, 0) is 36.3 Å². The summed E-state index contributed by atoms with van der Waals surface area (Å²) in [6.07, 6.45) is 4.55. The molecule has 1 fully saturated rings. The van der Waals surface area contributed by atoms with Crippen molar-refractivity contribution in [3.8, 4) is 0 Å². The van der Waals surface area contributed by atoms with Crippen LogP contribution >= 0.6 is 11.3 Å². The van der Waals surface area contributed by atoms with Gasteiger partial charge in [0.2, 0.25) is 0 Å². The maximum atomic E-state index is 12.9.